The van der Waals surface area contributed by atoms with Crippen LogP contribution in [0.15, 0.2) is 45.3 Å². The SMILES string of the molecule is Cc1ccc(-c2noc(C3CCN(C(=O)c4cccc([N+](=O)[O-])c4)CC3)n2)o1. The number of nitro benzene ring substituents is 1. The number of aryl methyl sites for hydroxylation is 1. The first-order chi connectivity index (χ1) is 13.5. The molecule has 1 aliphatic rings. The molecule has 0 spiro atoms. The van der Waals surface area contributed by atoms with E-state index < -0.39 is 4.92 Å². The Morgan fingerprint density at radius 1 is 1.25 bits per heavy atom. The van der Waals surface area contributed by atoms with Gasteiger partial charge in [-0.1, -0.05) is 11.2 Å². The number of carbonyl (C=O) groups excluding carboxylic acids is 1. The summed E-state index contributed by atoms with van der Waals surface area (Å²) in [5, 5.41) is 14.9. The molecule has 0 radical (unpaired) electrons. The largest absolute Gasteiger partial charge is 0.458 e. The molecule has 9 heteroatoms. The number of piperidine rings is 1. The van der Waals surface area contributed by atoms with Crippen molar-refractivity contribution in [3.63, 3.8) is 0 Å². The number of non-ortho nitro benzene ring substituents is 1. The molecule has 144 valence electrons. The summed E-state index contributed by atoms with van der Waals surface area (Å²) in [5.41, 5.74) is 0.230. The van der Waals surface area contributed by atoms with E-state index in [0.717, 1.165) is 5.76 Å². The van der Waals surface area contributed by atoms with Crippen LogP contribution < -0.4 is 0 Å². The van der Waals surface area contributed by atoms with E-state index in [9.17, 15) is 14.9 Å². The molecule has 1 amide bonds. The highest BCUT2D eigenvalue weighted by molar-refractivity contribution is 5.94. The first-order valence-corrected chi connectivity index (χ1v) is 8.95. The molecule has 1 aliphatic heterocycles. The van der Waals surface area contributed by atoms with Gasteiger partial charge in [0.05, 0.1) is 4.92 Å². The van der Waals surface area contributed by atoms with Gasteiger partial charge in [-0.2, -0.15) is 4.98 Å². The average Bonchev–Trinajstić information content (AvgIpc) is 3.37. The Hall–Kier alpha value is -3.49. The fourth-order valence-corrected chi connectivity index (χ4v) is 3.32. The second kappa shape index (κ2) is 7.26. The molecule has 2 aromatic heterocycles. The molecule has 0 saturated carbocycles. The number of hydrogen-bond acceptors (Lipinski definition) is 7. The van der Waals surface area contributed by atoms with E-state index in [-0.39, 0.29) is 17.5 Å². The molecule has 4 rings (SSSR count). The van der Waals surface area contributed by atoms with Crippen LogP contribution in [0.25, 0.3) is 11.6 Å². The maximum absolute atomic E-state index is 12.6. The molecule has 3 heterocycles. The van der Waals surface area contributed by atoms with Gasteiger partial charge in [0.2, 0.25) is 11.7 Å². The number of amides is 1. The number of likely N-dealkylation sites (tertiary alicyclic amines) is 1. The third-order valence-corrected chi connectivity index (χ3v) is 4.84. The van der Waals surface area contributed by atoms with Crippen LogP contribution in [0.1, 0.15) is 40.8 Å². The van der Waals surface area contributed by atoms with Crippen molar-refractivity contribution in [3.05, 3.63) is 63.7 Å². The zero-order valence-corrected chi connectivity index (χ0v) is 15.2. The Morgan fingerprint density at radius 3 is 2.71 bits per heavy atom. The van der Waals surface area contributed by atoms with Crippen molar-refractivity contribution >= 4 is 11.6 Å². The van der Waals surface area contributed by atoms with Gasteiger partial charge in [0.1, 0.15) is 5.76 Å². The van der Waals surface area contributed by atoms with Crippen LogP contribution in [-0.4, -0.2) is 39.0 Å². The zero-order chi connectivity index (χ0) is 19.7. The summed E-state index contributed by atoms with van der Waals surface area (Å²) < 4.78 is 10.9. The van der Waals surface area contributed by atoms with Crippen LogP contribution in [0.4, 0.5) is 5.69 Å². The lowest BCUT2D eigenvalue weighted by Gasteiger charge is -2.30. The molecule has 1 aromatic carbocycles. The van der Waals surface area contributed by atoms with Crippen LogP contribution in [-0.2, 0) is 0 Å². The van der Waals surface area contributed by atoms with Gasteiger partial charge in [0.15, 0.2) is 5.76 Å². The van der Waals surface area contributed by atoms with E-state index in [0.29, 0.717) is 49.0 Å². The summed E-state index contributed by atoms with van der Waals surface area (Å²) in [6.45, 7) is 2.88. The van der Waals surface area contributed by atoms with E-state index in [4.69, 9.17) is 8.94 Å². The zero-order valence-electron chi connectivity index (χ0n) is 15.2. The fraction of sp³-hybridized carbons (Fsp3) is 0.316. The smallest absolute Gasteiger partial charge is 0.270 e. The normalized spacial score (nSPS) is 15.0. The van der Waals surface area contributed by atoms with Crippen LogP contribution in [0.3, 0.4) is 0 Å². The summed E-state index contributed by atoms with van der Waals surface area (Å²) >= 11 is 0. The van der Waals surface area contributed by atoms with Gasteiger partial charge in [-0.15, -0.1) is 0 Å². The number of hydrogen-bond donors (Lipinski definition) is 0. The molecular formula is C19H18N4O5. The number of carbonyl (C=O) groups is 1. The van der Waals surface area contributed by atoms with E-state index >= 15 is 0 Å². The maximum atomic E-state index is 12.6. The Kier molecular flexibility index (Phi) is 4.64. The lowest BCUT2D eigenvalue weighted by molar-refractivity contribution is -0.384. The third kappa shape index (κ3) is 3.51. The van der Waals surface area contributed by atoms with Crippen molar-refractivity contribution in [2.45, 2.75) is 25.7 Å². The number of benzene rings is 1. The van der Waals surface area contributed by atoms with Crippen molar-refractivity contribution in [2.75, 3.05) is 13.1 Å². The lowest BCUT2D eigenvalue weighted by Crippen LogP contribution is -2.38. The fourth-order valence-electron chi connectivity index (χ4n) is 3.32. The van der Waals surface area contributed by atoms with Gasteiger partial charge in [0.25, 0.3) is 11.6 Å². The summed E-state index contributed by atoms with van der Waals surface area (Å²) in [5.74, 6) is 2.13. The summed E-state index contributed by atoms with van der Waals surface area (Å²) in [4.78, 5) is 29.2. The molecule has 0 N–H and O–H groups in total. The molecule has 28 heavy (non-hydrogen) atoms. The topological polar surface area (TPSA) is 116 Å². The third-order valence-electron chi connectivity index (χ3n) is 4.84. The minimum atomic E-state index is -0.503. The molecule has 9 nitrogen and oxygen atoms in total. The molecule has 1 saturated heterocycles. The monoisotopic (exact) mass is 382 g/mol. The number of nitro groups is 1. The number of rotatable bonds is 4. The van der Waals surface area contributed by atoms with Crippen LogP contribution >= 0.6 is 0 Å². The van der Waals surface area contributed by atoms with Gasteiger partial charge < -0.3 is 13.8 Å². The van der Waals surface area contributed by atoms with Crippen LogP contribution in [0.5, 0.6) is 0 Å². The van der Waals surface area contributed by atoms with Crippen molar-refractivity contribution in [1.82, 2.24) is 15.0 Å². The van der Waals surface area contributed by atoms with Gasteiger partial charge in [-0.3, -0.25) is 14.9 Å². The van der Waals surface area contributed by atoms with Gasteiger partial charge in [-0.25, -0.2) is 0 Å². The quantitative estimate of drug-likeness (QED) is 0.500. The van der Waals surface area contributed by atoms with E-state index in [2.05, 4.69) is 10.1 Å². The van der Waals surface area contributed by atoms with E-state index in [1.54, 1.807) is 17.0 Å². The van der Waals surface area contributed by atoms with Crippen molar-refractivity contribution in [2.24, 2.45) is 0 Å². The molecule has 0 atom stereocenters. The average molecular weight is 382 g/mol. The Morgan fingerprint density at radius 2 is 2.04 bits per heavy atom. The van der Waals surface area contributed by atoms with Gasteiger partial charge >= 0.3 is 0 Å². The minimum absolute atomic E-state index is 0.0615. The summed E-state index contributed by atoms with van der Waals surface area (Å²) in [6.07, 6.45) is 1.36. The molecule has 0 bridgehead atoms. The van der Waals surface area contributed by atoms with Gasteiger partial charge in [-0.05, 0) is 38.0 Å². The molecule has 1 fully saturated rings. The highest BCUT2D eigenvalue weighted by atomic mass is 16.6. The minimum Gasteiger partial charge on any atom is -0.458 e. The maximum Gasteiger partial charge on any atom is 0.270 e. The number of nitrogens with zero attached hydrogens (tertiary/aromatic N) is 4. The summed E-state index contributed by atoms with van der Waals surface area (Å²) in [6, 6.07) is 9.43. The molecule has 0 aliphatic carbocycles. The standard InChI is InChI=1S/C19H18N4O5/c1-12-5-6-16(27-12)17-20-18(28-21-17)13-7-9-22(10-8-13)19(24)14-3-2-4-15(11-14)23(25)26/h2-6,11,13H,7-10H2,1H3. The Balaban J connectivity index is 1.41. The highest BCUT2D eigenvalue weighted by Crippen LogP contribution is 2.29. The lowest BCUT2D eigenvalue weighted by atomic mass is 9.96. The number of furan rings is 1. The van der Waals surface area contributed by atoms with E-state index in [1.807, 2.05) is 13.0 Å². The first-order valence-electron chi connectivity index (χ1n) is 8.95. The predicted molar refractivity (Wildman–Crippen MR) is 97.7 cm³/mol. The Bertz CT molecular complexity index is 1020. The predicted octanol–water partition coefficient (Wildman–Crippen LogP) is 3.57. The molecule has 3 aromatic rings. The number of aromatic nitrogens is 2. The van der Waals surface area contributed by atoms with Crippen LogP contribution in [0.2, 0.25) is 0 Å². The highest BCUT2D eigenvalue weighted by Gasteiger charge is 2.29. The van der Waals surface area contributed by atoms with Crippen LogP contribution in [0, 0.1) is 17.0 Å². The van der Waals surface area contributed by atoms with E-state index in [1.165, 1.54) is 18.2 Å². The summed E-state index contributed by atoms with van der Waals surface area (Å²) in [7, 11) is 0. The van der Waals surface area contributed by atoms with Crippen molar-refractivity contribution in [1.29, 1.82) is 0 Å². The second-order valence-corrected chi connectivity index (χ2v) is 6.74. The van der Waals surface area contributed by atoms with Crippen molar-refractivity contribution in [3.8, 4) is 11.6 Å². The Labute approximate surface area is 160 Å². The van der Waals surface area contributed by atoms with Gasteiger partial charge in [0, 0.05) is 36.7 Å². The second-order valence-electron chi connectivity index (χ2n) is 6.74. The van der Waals surface area contributed by atoms with Crippen molar-refractivity contribution < 1.29 is 18.7 Å². The molecular weight excluding hydrogens is 364 g/mol. The first kappa shape index (κ1) is 17.9. The molecule has 0 unspecified atom stereocenters.